The molecule has 2 aromatic heterocycles. The zero-order chi connectivity index (χ0) is 21.3. The number of aromatic amines is 1. The van der Waals surface area contributed by atoms with Crippen LogP contribution in [0, 0.1) is 5.92 Å². The molecule has 6 nitrogen and oxygen atoms in total. The van der Waals surface area contributed by atoms with Crippen molar-refractivity contribution in [2.75, 3.05) is 5.75 Å². The van der Waals surface area contributed by atoms with Crippen LogP contribution in [0.2, 0.25) is 0 Å². The van der Waals surface area contributed by atoms with Gasteiger partial charge >= 0.3 is 5.97 Å². The molecule has 3 atom stereocenters. The van der Waals surface area contributed by atoms with Crippen LogP contribution in [0.15, 0.2) is 47.3 Å². The number of halogens is 1. The number of amides is 1. The molecule has 0 spiro atoms. The van der Waals surface area contributed by atoms with Gasteiger partial charge in [-0.25, -0.2) is 4.79 Å². The molecule has 3 N–H and O–H groups in total. The molecular formula is C22H22BrN3O3S. The van der Waals surface area contributed by atoms with E-state index in [1.165, 1.54) is 5.56 Å². The predicted molar refractivity (Wildman–Crippen MR) is 122 cm³/mol. The molecule has 0 saturated carbocycles. The van der Waals surface area contributed by atoms with Gasteiger partial charge in [0.1, 0.15) is 6.04 Å². The lowest BCUT2D eigenvalue weighted by Gasteiger charge is -2.24. The number of carbonyl (C=O) groups excluding carboxylic acids is 1. The Hall–Kier alpha value is -2.32. The molecule has 8 heteroatoms. The van der Waals surface area contributed by atoms with Gasteiger partial charge in [-0.1, -0.05) is 22.0 Å². The Morgan fingerprint density at radius 1 is 1.37 bits per heavy atom. The normalized spacial score (nSPS) is 17.5. The third-order valence-corrected chi connectivity index (χ3v) is 6.74. The Morgan fingerprint density at radius 3 is 2.97 bits per heavy atom. The molecule has 0 bridgehead atoms. The number of aryl methyl sites for hydroxylation is 1. The Labute approximate surface area is 188 Å². The minimum absolute atomic E-state index is 0.0409. The second-order valence-electron chi connectivity index (χ2n) is 7.62. The Morgan fingerprint density at radius 2 is 2.20 bits per heavy atom. The molecule has 0 radical (unpaired) electrons. The van der Waals surface area contributed by atoms with Gasteiger partial charge in [-0.05, 0) is 53.6 Å². The lowest BCUT2D eigenvalue weighted by Crippen LogP contribution is -2.46. The largest absolute Gasteiger partial charge is 0.480 e. The highest BCUT2D eigenvalue weighted by Gasteiger charge is 2.35. The zero-order valence-electron chi connectivity index (χ0n) is 16.1. The van der Waals surface area contributed by atoms with E-state index in [1.807, 2.05) is 12.1 Å². The van der Waals surface area contributed by atoms with E-state index in [-0.39, 0.29) is 24.2 Å². The van der Waals surface area contributed by atoms with Crippen molar-refractivity contribution in [3.63, 3.8) is 0 Å². The lowest BCUT2D eigenvalue weighted by molar-refractivity contribution is -0.142. The fraction of sp³-hybridized carbons (Fsp3) is 0.318. The molecule has 30 heavy (non-hydrogen) atoms. The number of H-pyrrole nitrogens is 1. The number of fused-ring (bicyclic) bond motifs is 2. The summed E-state index contributed by atoms with van der Waals surface area (Å²) in [6.07, 6.45) is 7.09. The smallest absolute Gasteiger partial charge is 0.326 e. The summed E-state index contributed by atoms with van der Waals surface area (Å²) >= 11 is 7.92. The number of hydrogen-bond acceptors (Lipinski definition) is 4. The minimum Gasteiger partial charge on any atom is -0.480 e. The van der Waals surface area contributed by atoms with E-state index >= 15 is 0 Å². The number of nitrogens with zero attached hydrogens (tertiary/aromatic N) is 1. The zero-order valence-corrected chi connectivity index (χ0v) is 18.6. The number of carbonyl (C=O) groups is 2. The molecule has 1 aromatic carbocycles. The van der Waals surface area contributed by atoms with Gasteiger partial charge in [0.25, 0.3) is 0 Å². The van der Waals surface area contributed by atoms with Crippen molar-refractivity contribution < 1.29 is 14.7 Å². The first-order valence-corrected chi connectivity index (χ1v) is 11.2. The van der Waals surface area contributed by atoms with Crippen LogP contribution in [-0.2, 0) is 22.4 Å². The average Bonchev–Trinajstić information content (AvgIpc) is 3.32. The van der Waals surface area contributed by atoms with Crippen LogP contribution < -0.4 is 5.32 Å². The van der Waals surface area contributed by atoms with Crippen LogP contribution in [0.3, 0.4) is 0 Å². The van der Waals surface area contributed by atoms with Gasteiger partial charge < -0.3 is 15.4 Å². The van der Waals surface area contributed by atoms with Crippen molar-refractivity contribution in [3.05, 3.63) is 64.0 Å². The summed E-state index contributed by atoms with van der Waals surface area (Å²) in [7, 11) is 0. The number of carboxylic acids is 1. The van der Waals surface area contributed by atoms with Crippen LogP contribution in [0.25, 0.3) is 10.9 Å². The Kier molecular flexibility index (Phi) is 6.15. The van der Waals surface area contributed by atoms with E-state index < -0.39 is 12.0 Å². The van der Waals surface area contributed by atoms with E-state index in [0.717, 1.165) is 39.3 Å². The van der Waals surface area contributed by atoms with E-state index in [2.05, 4.69) is 56.0 Å². The number of aliphatic carboxylic acids is 1. The van der Waals surface area contributed by atoms with Gasteiger partial charge in [-0.3, -0.25) is 9.78 Å². The maximum Gasteiger partial charge on any atom is 0.326 e. The summed E-state index contributed by atoms with van der Waals surface area (Å²) in [5.41, 5.74) is 4.06. The molecule has 1 aliphatic carbocycles. The predicted octanol–water partition coefficient (Wildman–Crippen LogP) is 3.71. The number of benzene rings is 1. The van der Waals surface area contributed by atoms with Gasteiger partial charge in [-0.2, -0.15) is 12.6 Å². The van der Waals surface area contributed by atoms with Crippen LogP contribution in [-0.4, -0.2) is 38.7 Å². The number of hydrogen-bond donors (Lipinski definition) is 4. The molecule has 0 aliphatic heterocycles. The van der Waals surface area contributed by atoms with Crippen molar-refractivity contribution >= 4 is 51.3 Å². The monoisotopic (exact) mass is 487 g/mol. The highest BCUT2D eigenvalue weighted by molar-refractivity contribution is 9.10. The third kappa shape index (κ3) is 4.11. The molecule has 3 aromatic rings. The molecule has 1 aliphatic rings. The third-order valence-electron chi connectivity index (χ3n) is 5.86. The van der Waals surface area contributed by atoms with Crippen LogP contribution in [0.5, 0.6) is 0 Å². The standard InChI is InChI=1S/C22H22BrN3O3S/c23-14-2-4-15-12(7-14)1-3-17(15)18(11-30)21(27)26-19(22(28)29)8-13-9-25-20-10-24-6-5-16(13)20/h2,4-7,9-10,17-19,25,30H,1,3,8,11H2,(H,26,27)(H,28,29)/t17-,18+,19-/m0/s1. The van der Waals surface area contributed by atoms with E-state index in [9.17, 15) is 14.7 Å². The van der Waals surface area contributed by atoms with Crippen molar-refractivity contribution in [1.29, 1.82) is 0 Å². The van der Waals surface area contributed by atoms with Crippen molar-refractivity contribution in [2.24, 2.45) is 5.92 Å². The molecule has 4 rings (SSSR count). The summed E-state index contributed by atoms with van der Waals surface area (Å²) in [5.74, 6) is -1.30. The van der Waals surface area contributed by atoms with Gasteiger partial charge in [-0.15, -0.1) is 0 Å². The number of aromatic nitrogens is 2. The van der Waals surface area contributed by atoms with Gasteiger partial charge in [0, 0.05) is 34.4 Å². The first kappa shape index (κ1) is 20.9. The maximum absolute atomic E-state index is 13.1. The van der Waals surface area contributed by atoms with Crippen molar-refractivity contribution in [3.8, 4) is 0 Å². The summed E-state index contributed by atoms with van der Waals surface area (Å²) in [4.78, 5) is 32.2. The fourth-order valence-electron chi connectivity index (χ4n) is 4.33. The van der Waals surface area contributed by atoms with E-state index in [0.29, 0.717) is 5.75 Å². The number of nitrogens with one attached hydrogen (secondary N) is 2. The number of pyridine rings is 1. The van der Waals surface area contributed by atoms with E-state index in [1.54, 1.807) is 18.6 Å². The summed E-state index contributed by atoms with van der Waals surface area (Å²) in [6, 6.07) is 6.95. The highest BCUT2D eigenvalue weighted by Crippen LogP contribution is 2.40. The SMILES string of the molecule is O=C(O)[C@H](Cc1c[nH]c2cnccc12)NC(=O)[C@H](CS)[C@H]1CCc2cc(Br)ccc21. The van der Waals surface area contributed by atoms with E-state index in [4.69, 9.17) is 0 Å². The molecule has 1 amide bonds. The maximum atomic E-state index is 13.1. The second kappa shape index (κ2) is 8.81. The van der Waals surface area contributed by atoms with Gasteiger partial charge in [0.2, 0.25) is 5.91 Å². The topological polar surface area (TPSA) is 95.1 Å². The van der Waals surface area contributed by atoms with Crippen molar-refractivity contribution in [1.82, 2.24) is 15.3 Å². The lowest BCUT2D eigenvalue weighted by atomic mass is 9.87. The highest BCUT2D eigenvalue weighted by atomic mass is 79.9. The van der Waals surface area contributed by atoms with Crippen molar-refractivity contribution in [2.45, 2.75) is 31.2 Å². The average molecular weight is 488 g/mol. The molecule has 0 fully saturated rings. The molecule has 0 saturated heterocycles. The first-order chi connectivity index (χ1) is 14.5. The van der Waals surface area contributed by atoms with Crippen LogP contribution in [0.4, 0.5) is 0 Å². The molecule has 0 unspecified atom stereocenters. The minimum atomic E-state index is -1.06. The Balaban J connectivity index is 1.52. The first-order valence-electron chi connectivity index (χ1n) is 9.80. The molecular weight excluding hydrogens is 466 g/mol. The van der Waals surface area contributed by atoms with Gasteiger partial charge in [0.05, 0.1) is 17.6 Å². The summed E-state index contributed by atoms with van der Waals surface area (Å²) < 4.78 is 1.02. The molecule has 2 heterocycles. The summed E-state index contributed by atoms with van der Waals surface area (Å²) in [5, 5.41) is 13.4. The number of carboxylic acid groups (broad SMARTS) is 1. The second-order valence-corrected chi connectivity index (χ2v) is 8.90. The summed E-state index contributed by atoms with van der Waals surface area (Å²) in [6.45, 7) is 0. The Bertz CT molecular complexity index is 1100. The fourth-order valence-corrected chi connectivity index (χ4v) is 5.16. The quantitative estimate of drug-likeness (QED) is 0.382. The molecule has 156 valence electrons. The van der Waals surface area contributed by atoms with Crippen LogP contribution in [0.1, 0.15) is 29.0 Å². The number of rotatable bonds is 7. The van der Waals surface area contributed by atoms with Gasteiger partial charge in [0.15, 0.2) is 0 Å². The van der Waals surface area contributed by atoms with Crippen LogP contribution >= 0.6 is 28.6 Å². The number of thiol groups is 1.